The largest absolute Gasteiger partial charge is 0.385 e. The first kappa shape index (κ1) is 9.72. The van der Waals surface area contributed by atoms with Gasteiger partial charge in [0.05, 0.1) is 6.07 Å². The van der Waals surface area contributed by atoms with Gasteiger partial charge in [0.15, 0.2) is 0 Å². The Kier molecular flexibility index (Phi) is 2.32. The van der Waals surface area contributed by atoms with Gasteiger partial charge in [0.25, 0.3) is 0 Å². The van der Waals surface area contributed by atoms with Crippen LogP contribution in [0.1, 0.15) is 30.7 Å². The second-order valence-corrected chi connectivity index (χ2v) is 4.97. The van der Waals surface area contributed by atoms with Crippen LogP contribution in [-0.4, -0.2) is 6.54 Å². The van der Waals surface area contributed by atoms with E-state index >= 15 is 0 Å². The summed E-state index contributed by atoms with van der Waals surface area (Å²) in [5.41, 5.74) is 2.71. The van der Waals surface area contributed by atoms with Crippen LogP contribution >= 0.6 is 0 Å². The molecular weight excluding hydrogens is 196 g/mol. The number of nitrogens with one attached hydrogen (secondary N) is 1. The zero-order valence-electron chi connectivity index (χ0n) is 9.32. The molecule has 1 aliphatic heterocycles. The molecule has 82 valence electrons. The Labute approximate surface area is 96.3 Å². The van der Waals surface area contributed by atoms with Crippen molar-refractivity contribution in [2.24, 2.45) is 11.8 Å². The van der Waals surface area contributed by atoms with Crippen molar-refractivity contribution in [2.75, 3.05) is 11.9 Å². The molecule has 2 nitrogen and oxygen atoms in total. The predicted molar refractivity (Wildman–Crippen MR) is 64.1 cm³/mol. The van der Waals surface area contributed by atoms with Crippen LogP contribution in [0.3, 0.4) is 0 Å². The third kappa shape index (κ3) is 1.48. The van der Waals surface area contributed by atoms with E-state index in [1.807, 2.05) is 0 Å². The van der Waals surface area contributed by atoms with Crippen LogP contribution in [-0.2, 0) is 0 Å². The Morgan fingerprint density at radius 3 is 3.00 bits per heavy atom. The molecule has 0 amide bonds. The van der Waals surface area contributed by atoms with Gasteiger partial charge in [0, 0.05) is 18.2 Å². The summed E-state index contributed by atoms with van der Waals surface area (Å²) in [7, 11) is 0. The average molecular weight is 212 g/mol. The monoisotopic (exact) mass is 212 g/mol. The summed E-state index contributed by atoms with van der Waals surface area (Å²) < 4.78 is 0. The molecule has 3 rings (SSSR count). The smallest absolute Gasteiger partial charge is 0.0656 e. The third-order valence-electron chi connectivity index (χ3n) is 4.09. The van der Waals surface area contributed by atoms with E-state index in [2.05, 4.69) is 35.7 Å². The number of para-hydroxylation sites is 1. The predicted octanol–water partition coefficient (Wildman–Crippen LogP) is 3.14. The number of anilines is 1. The van der Waals surface area contributed by atoms with E-state index in [1.165, 1.54) is 17.7 Å². The standard InChI is InChI=1S/C14H16N2/c15-8-10-5-6-11-9-16-14-4-2-1-3-12(14)13(11)7-10/h1-4,10-11,13,16H,5-7,9H2. The molecule has 2 heteroatoms. The fraction of sp³-hybridized carbons (Fsp3) is 0.500. The molecule has 16 heavy (non-hydrogen) atoms. The lowest BCUT2D eigenvalue weighted by molar-refractivity contribution is 0.274. The van der Waals surface area contributed by atoms with Crippen LogP contribution in [0.5, 0.6) is 0 Å². The summed E-state index contributed by atoms with van der Waals surface area (Å²) >= 11 is 0. The fourth-order valence-electron chi connectivity index (χ4n) is 3.20. The second kappa shape index (κ2) is 3.83. The van der Waals surface area contributed by atoms with Crippen molar-refractivity contribution < 1.29 is 0 Å². The van der Waals surface area contributed by atoms with Gasteiger partial charge in [-0.1, -0.05) is 18.2 Å². The Balaban J connectivity index is 1.94. The molecule has 1 aliphatic carbocycles. The Morgan fingerprint density at radius 2 is 2.12 bits per heavy atom. The Hall–Kier alpha value is -1.49. The molecule has 1 saturated carbocycles. The Morgan fingerprint density at radius 1 is 1.25 bits per heavy atom. The topological polar surface area (TPSA) is 35.8 Å². The SMILES string of the molecule is N#CC1CCC2CNc3ccccc3C2C1. The lowest BCUT2D eigenvalue weighted by Crippen LogP contribution is -2.32. The minimum absolute atomic E-state index is 0.271. The number of rotatable bonds is 0. The van der Waals surface area contributed by atoms with Crippen LogP contribution in [0, 0.1) is 23.2 Å². The minimum atomic E-state index is 0.271. The fourth-order valence-corrected chi connectivity index (χ4v) is 3.20. The summed E-state index contributed by atoms with van der Waals surface area (Å²) in [6.45, 7) is 1.08. The maximum atomic E-state index is 9.06. The highest BCUT2D eigenvalue weighted by molar-refractivity contribution is 5.55. The molecule has 0 radical (unpaired) electrons. The van der Waals surface area contributed by atoms with Crippen molar-refractivity contribution in [3.63, 3.8) is 0 Å². The first-order valence-electron chi connectivity index (χ1n) is 6.11. The number of hydrogen-bond donors (Lipinski definition) is 1. The molecule has 0 saturated heterocycles. The molecule has 0 bridgehead atoms. The van der Waals surface area contributed by atoms with Gasteiger partial charge in [-0.05, 0) is 42.7 Å². The average Bonchev–Trinajstić information content (AvgIpc) is 2.38. The van der Waals surface area contributed by atoms with Crippen LogP contribution in [0.15, 0.2) is 24.3 Å². The summed E-state index contributed by atoms with van der Waals surface area (Å²) in [5, 5.41) is 12.6. The minimum Gasteiger partial charge on any atom is -0.385 e. The van der Waals surface area contributed by atoms with Crippen LogP contribution in [0.2, 0.25) is 0 Å². The van der Waals surface area contributed by atoms with Crippen LogP contribution in [0.4, 0.5) is 5.69 Å². The number of nitrogens with zero attached hydrogens (tertiary/aromatic N) is 1. The van der Waals surface area contributed by atoms with Gasteiger partial charge in [-0.3, -0.25) is 0 Å². The number of fused-ring (bicyclic) bond motifs is 3. The number of nitriles is 1. The van der Waals surface area contributed by atoms with Crippen molar-refractivity contribution >= 4 is 5.69 Å². The van der Waals surface area contributed by atoms with Crippen molar-refractivity contribution in [1.29, 1.82) is 5.26 Å². The quantitative estimate of drug-likeness (QED) is 0.717. The van der Waals surface area contributed by atoms with Crippen molar-refractivity contribution in [1.82, 2.24) is 0 Å². The van der Waals surface area contributed by atoms with E-state index in [1.54, 1.807) is 0 Å². The molecule has 1 fully saturated rings. The van der Waals surface area contributed by atoms with Gasteiger partial charge in [-0.25, -0.2) is 0 Å². The van der Waals surface area contributed by atoms with E-state index < -0.39 is 0 Å². The van der Waals surface area contributed by atoms with Gasteiger partial charge in [-0.2, -0.15) is 5.26 Å². The molecule has 2 aliphatic rings. The first-order valence-corrected chi connectivity index (χ1v) is 6.11. The normalized spacial score (nSPS) is 31.8. The zero-order chi connectivity index (χ0) is 11.0. The van der Waals surface area contributed by atoms with E-state index in [0.29, 0.717) is 5.92 Å². The van der Waals surface area contributed by atoms with Crippen molar-refractivity contribution in [3.8, 4) is 6.07 Å². The van der Waals surface area contributed by atoms with E-state index in [4.69, 9.17) is 5.26 Å². The zero-order valence-corrected chi connectivity index (χ0v) is 9.32. The summed E-state index contributed by atoms with van der Waals surface area (Å²) in [4.78, 5) is 0. The molecule has 3 atom stereocenters. The molecule has 1 N–H and O–H groups in total. The van der Waals surface area contributed by atoms with Gasteiger partial charge in [-0.15, -0.1) is 0 Å². The van der Waals surface area contributed by atoms with Gasteiger partial charge >= 0.3 is 0 Å². The summed E-state index contributed by atoms with van der Waals surface area (Å²) in [5.74, 6) is 1.61. The van der Waals surface area contributed by atoms with Crippen LogP contribution in [0.25, 0.3) is 0 Å². The van der Waals surface area contributed by atoms with Gasteiger partial charge in [0.1, 0.15) is 0 Å². The van der Waals surface area contributed by atoms with E-state index in [-0.39, 0.29) is 5.92 Å². The van der Waals surface area contributed by atoms with Crippen molar-refractivity contribution in [3.05, 3.63) is 29.8 Å². The maximum Gasteiger partial charge on any atom is 0.0656 e. The van der Waals surface area contributed by atoms with E-state index in [9.17, 15) is 0 Å². The highest BCUT2D eigenvalue weighted by atomic mass is 14.9. The molecule has 3 unspecified atom stereocenters. The summed E-state index contributed by atoms with van der Waals surface area (Å²) in [6, 6.07) is 11.0. The lowest BCUT2D eigenvalue weighted by atomic mass is 9.69. The number of benzene rings is 1. The third-order valence-corrected chi connectivity index (χ3v) is 4.09. The lowest BCUT2D eigenvalue weighted by Gasteiger charge is -2.39. The van der Waals surface area contributed by atoms with Crippen molar-refractivity contribution in [2.45, 2.75) is 25.2 Å². The second-order valence-electron chi connectivity index (χ2n) is 4.97. The molecule has 1 heterocycles. The highest BCUT2D eigenvalue weighted by Crippen LogP contribution is 2.45. The molecule has 0 aromatic heterocycles. The molecule has 0 spiro atoms. The molecule has 1 aromatic rings. The Bertz CT molecular complexity index is 433. The maximum absolute atomic E-state index is 9.06. The highest BCUT2D eigenvalue weighted by Gasteiger charge is 2.35. The van der Waals surface area contributed by atoms with Gasteiger partial charge in [0.2, 0.25) is 0 Å². The summed E-state index contributed by atoms with van der Waals surface area (Å²) in [6.07, 6.45) is 3.34. The first-order chi connectivity index (χ1) is 7.88. The molecular formula is C14H16N2. The molecule has 1 aromatic carbocycles. The van der Waals surface area contributed by atoms with Gasteiger partial charge < -0.3 is 5.32 Å². The van der Waals surface area contributed by atoms with E-state index in [0.717, 1.165) is 25.3 Å². The van der Waals surface area contributed by atoms with Crippen LogP contribution < -0.4 is 5.32 Å². The number of hydrogen-bond acceptors (Lipinski definition) is 2.